The Morgan fingerprint density at radius 2 is 1.70 bits per heavy atom. The molecule has 1 rings (SSSR count). The minimum Gasteiger partial charge on any atom is -0.355 e. The van der Waals surface area contributed by atoms with E-state index in [1.165, 1.54) is 11.1 Å². The fraction of sp³-hybridized carbons (Fsp3) is 0.588. The van der Waals surface area contributed by atoms with Crippen molar-refractivity contribution < 1.29 is 4.79 Å². The molecular formula is C17H28N2O. The molecule has 112 valence electrons. The zero-order chi connectivity index (χ0) is 15.1. The van der Waals surface area contributed by atoms with Gasteiger partial charge in [0.05, 0.1) is 6.04 Å². The molecule has 0 aliphatic rings. The van der Waals surface area contributed by atoms with Gasteiger partial charge in [-0.25, -0.2) is 0 Å². The van der Waals surface area contributed by atoms with E-state index in [4.69, 9.17) is 0 Å². The zero-order valence-corrected chi connectivity index (χ0v) is 13.4. The molecule has 0 bridgehead atoms. The first kappa shape index (κ1) is 16.7. The maximum Gasteiger partial charge on any atom is 0.236 e. The van der Waals surface area contributed by atoms with Gasteiger partial charge < -0.3 is 5.32 Å². The van der Waals surface area contributed by atoms with Gasteiger partial charge in [0, 0.05) is 12.6 Å². The Morgan fingerprint density at radius 3 is 2.25 bits per heavy atom. The molecule has 0 radical (unpaired) electrons. The van der Waals surface area contributed by atoms with E-state index in [-0.39, 0.29) is 18.0 Å². The Kier molecular flexibility index (Phi) is 6.73. The van der Waals surface area contributed by atoms with Crippen molar-refractivity contribution in [1.82, 2.24) is 10.6 Å². The van der Waals surface area contributed by atoms with Gasteiger partial charge in [0.2, 0.25) is 5.91 Å². The van der Waals surface area contributed by atoms with E-state index in [1.54, 1.807) is 0 Å². The monoisotopic (exact) mass is 276 g/mol. The number of nitrogens with one attached hydrogen (secondary N) is 2. The second kappa shape index (κ2) is 8.05. The molecule has 1 aromatic carbocycles. The smallest absolute Gasteiger partial charge is 0.236 e. The lowest BCUT2D eigenvalue weighted by Gasteiger charge is -2.20. The Balaban J connectivity index is 2.42. The van der Waals surface area contributed by atoms with Crippen LogP contribution in [-0.4, -0.2) is 18.5 Å². The van der Waals surface area contributed by atoms with Crippen molar-refractivity contribution in [3.05, 3.63) is 35.4 Å². The highest BCUT2D eigenvalue weighted by molar-refractivity contribution is 5.81. The van der Waals surface area contributed by atoms with E-state index in [0.717, 1.165) is 13.0 Å². The van der Waals surface area contributed by atoms with Crippen molar-refractivity contribution in [1.29, 1.82) is 0 Å². The SMILES string of the molecule is Cc1ccc(C(C)NC(C)C(=O)NCCC(C)C)cc1. The molecule has 2 unspecified atom stereocenters. The summed E-state index contributed by atoms with van der Waals surface area (Å²) in [5, 5.41) is 6.32. The molecule has 1 amide bonds. The fourth-order valence-electron chi connectivity index (χ4n) is 2.04. The highest BCUT2D eigenvalue weighted by Gasteiger charge is 2.15. The van der Waals surface area contributed by atoms with E-state index in [2.05, 4.69) is 62.6 Å². The summed E-state index contributed by atoms with van der Waals surface area (Å²) < 4.78 is 0. The van der Waals surface area contributed by atoms with E-state index in [0.29, 0.717) is 5.92 Å². The summed E-state index contributed by atoms with van der Waals surface area (Å²) in [7, 11) is 0. The summed E-state index contributed by atoms with van der Waals surface area (Å²) in [4.78, 5) is 12.0. The molecule has 0 aliphatic carbocycles. The van der Waals surface area contributed by atoms with Crippen LogP contribution in [0.2, 0.25) is 0 Å². The number of amides is 1. The van der Waals surface area contributed by atoms with E-state index >= 15 is 0 Å². The van der Waals surface area contributed by atoms with Gasteiger partial charge in [0.25, 0.3) is 0 Å². The number of carbonyl (C=O) groups excluding carboxylic acids is 1. The number of carbonyl (C=O) groups is 1. The zero-order valence-electron chi connectivity index (χ0n) is 13.4. The average Bonchev–Trinajstić information content (AvgIpc) is 2.38. The molecule has 0 spiro atoms. The molecule has 0 saturated carbocycles. The van der Waals surface area contributed by atoms with Gasteiger partial charge in [-0.3, -0.25) is 10.1 Å². The lowest BCUT2D eigenvalue weighted by molar-refractivity contribution is -0.122. The molecular weight excluding hydrogens is 248 g/mol. The van der Waals surface area contributed by atoms with Crippen molar-refractivity contribution >= 4 is 5.91 Å². The Hall–Kier alpha value is -1.35. The predicted octanol–water partition coefficient (Wildman–Crippen LogP) is 3.20. The van der Waals surface area contributed by atoms with Crippen molar-refractivity contribution in [3.63, 3.8) is 0 Å². The van der Waals surface area contributed by atoms with Crippen molar-refractivity contribution in [2.24, 2.45) is 5.92 Å². The summed E-state index contributed by atoms with van der Waals surface area (Å²) in [6.45, 7) is 11.1. The summed E-state index contributed by atoms with van der Waals surface area (Å²) in [5.41, 5.74) is 2.46. The van der Waals surface area contributed by atoms with Gasteiger partial charge in [-0.05, 0) is 38.7 Å². The van der Waals surface area contributed by atoms with Crippen LogP contribution in [0.4, 0.5) is 0 Å². The summed E-state index contributed by atoms with van der Waals surface area (Å²) in [6, 6.07) is 8.40. The molecule has 20 heavy (non-hydrogen) atoms. The summed E-state index contributed by atoms with van der Waals surface area (Å²) >= 11 is 0. The van der Waals surface area contributed by atoms with E-state index in [1.807, 2.05) is 6.92 Å². The number of benzene rings is 1. The molecule has 1 aromatic rings. The minimum atomic E-state index is -0.182. The lowest BCUT2D eigenvalue weighted by Crippen LogP contribution is -2.43. The molecule has 0 heterocycles. The van der Waals surface area contributed by atoms with Crippen molar-refractivity contribution in [3.8, 4) is 0 Å². The standard InChI is InChI=1S/C17H28N2O/c1-12(2)10-11-18-17(20)15(5)19-14(4)16-8-6-13(3)7-9-16/h6-9,12,14-15,19H,10-11H2,1-5H3,(H,18,20). The topological polar surface area (TPSA) is 41.1 Å². The van der Waals surface area contributed by atoms with Crippen LogP contribution in [0.25, 0.3) is 0 Å². The Bertz CT molecular complexity index is 412. The number of rotatable bonds is 7. The van der Waals surface area contributed by atoms with Crippen LogP contribution in [0.5, 0.6) is 0 Å². The van der Waals surface area contributed by atoms with Crippen LogP contribution in [0.3, 0.4) is 0 Å². The van der Waals surface area contributed by atoms with Crippen LogP contribution in [-0.2, 0) is 4.79 Å². The van der Waals surface area contributed by atoms with Crippen LogP contribution in [0.1, 0.15) is 51.3 Å². The summed E-state index contributed by atoms with van der Waals surface area (Å²) in [6.07, 6.45) is 1.02. The number of hydrogen-bond donors (Lipinski definition) is 2. The molecule has 3 heteroatoms. The molecule has 2 N–H and O–H groups in total. The van der Waals surface area contributed by atoms with Crippen LogP contribution < -0.4 is 10.6 Å². The van der Waals surface area contributed by atoms with Gasteiger partial charge in [-0.15, -0.1) is 0 Å². The second-order valence-electron chi connectivity index (χ2n) is 5.99. The largest absolute Gasteiger partial charge is 0.355 e. The Morgan fingerprint density at radius 1 is 1.10 bits per heavy atom. The first-order valence-corrected chi connectivity index (χ1v) is 7.50. The van der Waals surface area contributed by atoms with Crippen molar-refractivity contribution in [2.45, 2.75) is 53.1 Å². The van der Waals surface area contributed by atoms with Crippen LogP contribution >= 0.6 is 0 Å². The fourth-order valence-corrected chi connectivity index (χ4v) is 2.04. The molecule has 3 nitrogen and oxygen atoms in total. The highest BCUT2D eigenvalue weighted by Crippen LogP contribution is 2.13. The molecule has 0 aliphatic heterocycles. The third-order valence-electron chi connectivity index (χ3n) is 3.49. The average molecular weight is 276 g/mol. The van der Waals surface area contributed by atoms with Gasteiger partial charge >= 0.3 is 0 Å². The predicted molar refractivity (Wildman–Crippen MR) is 84.7 cm³/mol. The van der Waals surface area contributed by atoms with Gasteiger partial charge in [0.15, 0.2) is 0 Å². The minimum absolute atomic E-state index is 0.0737. The Labute approximate surface area is 123 Å². The summed E-state index contributed by atoms with van der Waals surface area (Å²) in [5.74, 6) is 0.689. The maximum absolute atomic E-state index is 12.0. The maximum atomic E-state index is 12.0. The number of aryl methyl sites for hydroxylation is 1. The third kappa shape index (κ3) is 5.74. The highest BCUT2D eigenvalue weighted by atomic mass is 16.2. The molecule has 2 atom stereocenters. The lowest BCUT2D eigenvalue weighted by atomic mass is 10.1. The first-order chi connectivity index (χ1) is 9.40. The van der Waals surface area contributed by atoms with Gasteiger partial charge in [-0.1, -0.05) is 43.7 Å². The first-order valence-electron chi connectivity index (χ1n) is 7.50. The number of hydrogen-bond acceptors (Lipinski definition) is 2. The second-order valence-corrected chi connectivity index (χ2v) is 5.99. The van der Waals surface area contributed by atoms with Crippen molar-refractivity contribution in [2.75, 3.05) is 6.54 Å². The van der Waals surface area contributed by atoms with Crippen LogP contribution in [0.15, 0.2) is 24.3 Å². The van der Waals surface area contributed by atoms with Crippen LogP contribution in [0, 0.1) is 12.8 Å². The molecule has 0 aromatic heterocycles. The van der Waals surface area contributed by atoms with E-state index < -0.39 is 0 Å². The quantitative estimate of drug-likeness (QED) is 0.803. The van der Waals surface area contributed by atoms with Gasteiger partial charge in [-0.2, -0.15) is 0 Å². The normalized spacial score (nSPS) is 14.1. The van der Waals surface area contributed by atoms with Gasteiger partial charge in [0.1, 0.15) is 0 Å². The van der Waals surface area contributed by atoms with E-state index in [9.17, 15) is 4.79 Å². The molecule has 0 fully saturated rings. The molecule has 0 saturated heterocycles. The third-order valence-corrected chi connectivity index (χ3v) is 3.49.